The number of aldehydes is 1. The molecule has 0 saturated heterocycles. The second-order valence-electron chi connectivity index (χ2n) is 2.93. The van der Waals surface area contributed by atoms with Crippen LogP contribution in [0.4, 0.5) is 22.0 Å². The summed E-state index contributed by atoms with van der Waals surface area (Å²) >= 11 is 0. The van der Waals surface area contributed by atoms with Crippen molar-refractivity contribution in [1.29, 1.82) is 0 Å². The molecule has 0 aliphatic rings. The van der Waals surface area contributed by atoms with Crippen LogP contribution in [-0.2, 0) is 0 Å². The lowest BCUT2D eigenvalue weighted by Crippen LogP contribution is -2.19. The van der Waals surface area contributed by atoms with Crippen LogP contribution >= 0.6 is 0 Å². The van der Waals surface area contributed by atoms with Gasteiger partial charge in [-0.3, -0.25) is 4.79 Å². The summed E-state index contributed by atoms with van der Waals surface area (Å²) in [4.78, 5) is 13.8. The molecule has 0 radical (unpaired) electrons. The molecule has 0 amide bonds. The summed E-state index contributed by atoms with van der Waals surface area (Å²) in [5.41, 5.74) is -1.92. The average Bonchev–Trinajstić information content (AvgIpc) is 2.25. The van der Waals surface area contributed by atoms with Gasteiger partial charge >= 0.3 is 6.36 Å². The van der Waals surface area contributed by atoms with E-state index in [1.807, 2.05) is 0 Å². The molecule has 0 bridgehead atoms. The van der Waals surface area contributed by atoms with Gasteiger partial charge in [-0.15, -0.1) is 13.2 Å². The number of carbonyl (C=O) groups excluding carboxylic acids is 1. The van der Waals surface area contributed by atoms with Crippen molar-refractivity contribution in [3.63, 3.8) is 0 Å². The molecule has 0 saturated carbocycles. The number of alkyl halides is 5. The fourth-order valence-electron chi connectivity index (χ4n) is 1.18. The third kappa shape index (κ3) is 3.05. The van der Waals surface area contributed by atoms with Crippen LogP contribution in [0.25, 0.3) is 0 Å². The van der Waals surface area contributed by atoms with E-state index in [1.165, 1.54) is 0 Å². The zero-order valence-corrected chi connectivity index (χ0v) is 8.79. The summed E-state index contributed by atoms with van der Waals surface area (Å²) < 4.78 is 69.5. The second-order valence-corrected chi connectivity index (χ2v) is 2.93. The van der Waals surface area contributed by atoms with Crippen LogP contribution in [-0.4, -0.2) is 24.7 Å². The third-order valence-electron chi connectivity index (χ3n) is 1.83. The van der Waals surface area contributed by atoms with Crippen molar-refractivity contribution < 1.29 is 36.2 Å². The van der Waals surface area contributed by atoms with Crippen molar-refractivity contribution in [3.8, 4) is 11.6 Å². The minimum atomic E-state index is -5.21. The number of halogens is 5. The van der Waals surface area contributed by atoms with Crippen LogP contribution in [0.15, 0.2) is 6.20 Å². The molecule has 0 fully saturated rings. The zero-order chi connectivity index (χ0) is 13.9. The summed E-state index contributed by atoms with van der Waals surface area (Å²) in [5.74, 6) is -2.10. The van der Waals surface area contributed by atoms with Crippen molar-refractivity contribution in [3.05, 3.63) is 17.3 Å². The number of hydrogen-bond acceptors (Lipinski definition) is 4. The minimum Gasteiger partial charge on any atom is -0.478 e. The molecule has 0 spiro atoms. The van der Waals surface area contributed by atoms with E-state index < -0.39 is 35.5 Å². The highest BCUT2D eigenvalue weighted by Gasteiger charge is 2.36. The lowest BCUT2D eigenvalue weighted by molar-refractivity contribution is -0.275. The summed E-state index contributed by atoms with van der Waals surface area (Å²) in [7, 11) is 0.932. The highest BCUT2D eigenvalue weighted by Crippen LogP contribution is 2.40. The number of rotatable bonds is 4. The van der Waals surface area contributed by atoms with Crippen molar-refractivity contribution >= 4 is 6.29 Å². The van der Waals surface area contributed by atoms with Crippen molar-refractivity contribution in [1.82, 2.24) is 4.98 Å². The topological polar surface area (TPSA) is 48.4 Å². The van der Waals surface area contributed by atoms with Gasteiger partial charge in [0.25, 0.3) is 12.3 Å². The smallest absolute Gasteiger partial charge is 0.478 e. The fraction of sp³-hybridized carbons (Fsp3) is 0.333. The van der Waals surface area contributed by atoms with E-state index in [9.17, 15) is 26.7 Å². The number of carbonyl (C=O) groups is 1. The highest BCUT2D eigenvalue weighted by molar-refractivity contribution is 5.79. The molecule has 4 nitrogen and oxygen atoms in total. The summed E-state index contributed by atoms with van der Waals surface area (Å²) in [5, 5.41) is 0. The first-order valence-corrected chi connectivity index (χ1v) is 4.36. The van der Waals surface area contributed by atoms with Gasteiger partial charge in [-0.1, -0.05) is 0 Å². The van der Waals surface area contributed by atoms with Gasteiger partial charge in [0.05, 0.1) is 12.7 Å². The molecular weight excluding hydrogens is 265 g/mol. The number of ether oxygens (including phenoxy) is 2. The van der Waals surface area contributed by atoms with Crippen LogP contribution in [0.2, 0.25) is 0 Å². The maximum atomic E-state index is 12.7. The van der Waals surface area contributed by atoms with Gasteiger partial charge < -0.3 is 9.47 Å². The molecule has 1 rings (SSSR count). The van der Waals surface area contributed by atoms with E-state index in [0.717, 1.165) is 7.11 Å². The lowest BCUT2D eigenvalue weighted by atomic mass is 10.1. The van der Waals surface area contributed by atoms with Gasteiger partial charge in [0.1, 0.15) is 0 Å². The van der Waals surface area contributed by atoms with E-state index in [0.29, 0.717) is 6.20 Å². The predicted octanol–water partition coefficient (Wildman–Crippen LogP) is 2.74. The third-order valence-corrected chi connectivity index (χ3v) is 1.83. The Bertz CT molecular complexity index is 447. The standard InChI is InChI=1S/C9H6F5NO3/c1-17-8-6(18-9(12,13)14)5(7(10)11)4(3-16)2-15-8/h2-3,7H,1H3. The first-order chi connectivity index (χ1) is 8.30. The lowest BCUT2D eigenvalue weighted by Gasteiger charge is -2.16. The Kier molecular flexibility index (Phi) is 4.04. The first-order valence-electron chi connectivity index (χ1n) is 4.36. The molecular formula is C9H6F5NO3. The van der Waals surface area contributed by atoms with E-state index in [4.69, 9.17) is 0 Å². The Labute approximate surface area is 97.3 Å². The largest absolute Gasteiger partial charge is 0.573 e. The Morgan fingerprint density at radius 3 is 2.39 bits per heavy atom. The average molecular weight is 271 g/mol. The highest BCUT2D eigenvalue weighted by atomic mass is 19.4. The quantitative estimate of drug-likeness (QED) is 0.624. The Hall–Kier alpha value is -1.93. The molecule has 9 heteroatoms. The number of pyridine rings is 1. The van der Waals surface area contributed by atoms with Gasteiger partial charge in [-0.2, -0.15) is 0 Å². The van der Waals surface area contributed by atoms with E-state index >= 15 is 0 Å². The molecule has 0 N–H and O–H groups in total. The van der Waals surface area contributed by atoms with Gasteiger partial charge in [0, 0.05) is 11.8 Å². The minimum absolute atomic E-state index is 0.0445. The Morgan fingerprint density at radius 1 is 1.39 bits per heavy atom. The first kappa shape index (κ1) is 14.1. The zero-order valence-electron chi connectivity index (χ0n) is 8.79. The van der Waals surface area contributed by atoms with Crippen LogP contribution < -0.4 is 9.47 Å². The fourth-order valence-corrected chi connectivity index (χ4v) is 1.18. The van der Waals surface area contributed by atoms with Crippen LogP contribution in [0.3, 0.4) is 0 Å². The van der Waals surface area contributed by atoms with Gasteiger partial charge in [-0.05, 0) is 0 Å². The SMILES string of the molecule is COc1ncc(C=O)c(C(F)F)c1OC(F)(F)F. The van der Waals surface area contributed by atoms with E-state index in [2.05, 4.69) is 14.5 Å². The Morgan fingerprint density at radius 2 is 2.00 bits per heavy atom. The molecule has 0 aliphatic heterocycles. The molecule has 0 aromatic carbocycles. The van der Waals surface area contributed by atoms with Crippen LogP contribution in [0.5, 0.6) is 11.6 Å². The number of methoxy groups -OCH3 is 1. The number of hydrogen-bond donors (Lipinski definition) is 0. The monoisotopic (exact) mass is 271 g/mol. The summed E-state index contributed by atoms with van der Waals surface area (Å²) in [6.45, 7) is 0. The summed E-state index contributed by atoms with van der Waals surface area (Å²) in [6, 6.07) is 0. The van der Waals surface area contributed by atoms with Crippen molar-refractivity contribution in [2.75, 3.05) is 7.11 Å². The normalized spacial score (nSPS) is 11.5. The van der Waals surface area contributed by atoms with Crippen molar-refractivity contribution in [2.24, 2.45) is 0 Å². The Balaban J connectivity index is 3.45. The molecule has 1 heterocycles. The molecule has 0 aliphatic carbocycles. The van der Waals surface area contributed by atoms with Crippen molar-refractivity contribution in [2.45, 2.75) is 12.8 Å². The maximum absolute atomic E-state index is 12.7. The van der Waals surface area contributed by atoms with Gasteiger partial charge in [0.2, 0.25) is 5.75 Å². The molecule has 18 heavy (non-hydrogen) atoms. The number of nitrogens with zero attached hydrogens (tertiary/aromatic N) is 1. The summed E-state index contributed by atoms with van der Waals surface area (Å²) in [6.07, 6.45) is -7.92. The molecule has 0 atom stereocenters. The van der Waals surface area contributed by atoms with Gasteiger partial charge in [0.15, 0.2) is 6.29 Å². The van der Waals surface area contributed by atoms with Gasteiger partial charge in [-0.25, -0.2) is 13.8 Å². The van der Waals surface area contributed by atoms with Crippen LogP contribution in [0, 0.1) is 0 Å². The van der Waals surface area contributed by atoms with Crippen LogP contribution in [0.1, 0.15) is 22.3 Å². The van der Waals surface area contributed by atoms with E-state index in [1.54, 1.807) is 0 Å². The second kappa shape index (κ2) is 5.15. The predicted molar refractivity (Wildman–Crippen MR) is 47.8 cm³/mol. The molecule has 1 aromatic rings. The molecule has 1 aromatic heterocycles. The molecule has 100 valence electrons. The number of aromatic nitrogens is 1. The molecule has 0 unspecified atom stereocenters. The van der Waals surface area contributed by atoms with E-state index in [-0.39, 0.29) is 6.29 Å². The maximum Gasteiger partial charge on any atom is 0.573 e.